The fraction of sp³-hybridized carbons (Fsp3) is 0.161. The summed E-state index contributed by atoms with van der Waals surface area (Å²) in [5.74, 6) is 1.46. The Morgan fingerprint density at radius 2 is 1.57 bits per heavy atom. The van der Waals surface area contributed by atoms with Crippen molar-refractivity contribution < 1.29 is 19.0 Å². The van der Waals surface area contributed by atoms with E-state index in [0.29, 0.717) is 48.3 Å². The number of fused-ring (bicyclic) bond motifs is 1. The quantitative estimate of drug-likeness (QED) is 0.195. The summed E-state index contributed by atoms with van der Waals surface area (Å²) in [7, 11) is 0. The fourth-order valence-electron chi connectivity index (χ4n) is 3.86. The van der Waals surface area contributed by atoms with E-state index in [1.165, 1.54) is 0 Å². The minimum absolute atomic E-state index is 0.0420. The number of hydrogen-bond donors (Lipinski definition) is 1. The van der Waals surface area contributed by atoms with Crippen LogP contribution >= 0.6 is 0 Å². The smallest absolute Gasteiger partial charge is 0.266 e. The molecule has 0 aliphatic rings. The highest BCUT2D eigenvalue weighted by Gasteiger charge is 2.14. The van der Waals surface area contributed by atoms with Crippen molar-refractivity contribution in [3.05, 3.63) is 102 Å². The first-order valence-electron chi connectivity index (χ1n) is 12.1. The molecular formula is C31H28N2O4. The summed E-state index contributed by atoms with van der Waals surface area (Å²) in [6.45, 7) is 5.24. The Hall–Kier alpha value is -4.76. The normalized spacial score (nSPS) is 11.0. The molecule has 1 amide bonds. The fourth-order valence-corrected chi connectivity index (χ4v) is 3.86. The zero-order valence-corrected chi connectivity index (χ0v) is 20.9. The van der Waals surface area contributed by atoms with E-state index in [1.807, 2.05) is 80.6 Å². The Bertz CT molecular complexity index is 1430. The third-order valence-electron chi connectivity index (χ3n) is 5.62. The van der Waals surface area contributed by atoms with Gasteiger partial charge < -0.3 is 19.5 Å². The van der Waals surface area contributed by atoms with Gasteiger partial charge in [0.2, 0.25) is 0 Å². The second-order valence-corrected chi connectivity index (χ2v) is 8.15. The standard InChI is InChI=1S/C31H28N2O4/c1-3-35-27-14-10-23-11-17-30(36-4-2)29(28(23)19-27)18-24(20-32)31(34)33-25-12-15-26(16-13-25)37-21-22-8-6-5-7-9-22/h5-19H,3-4,21H2,1-2H3,(H,33,34)/b24-18+. The van der Waals surface area contributed by atoms with Crippen molar-refractivity contribution in [1.82, 2.24) is 0 Å². The van der Waals surface area contributed by atoms with Crippen molar-refractivity contribution in [2.45, 2.75) is 20.5 Å². The topological polar surface area (TPSA) is 80.6 Å². The van der Waals surface area contributed by atoms with Crippen LogP contribution in [0.3, 0.4) is 0 Å². The van der Waals surface area contributed by atoms with Gasteiger partial charge in [-0.05, 0) is 78.7 Å². The molecule has 0 bridgehead atoms. The van der Waals surface area contributed by atoms with E-state index in [9.17, 15) is 10.1 Å². The molecule has 4 aromatic rings. The number of nitrogens with one attached hydrogen (secondary N) is 1. The lowest BCUT2D eigenvalue weighted by Gasteiger charge is -2.13. The summed E-state index contributed by atoms with van der Waals surface area (Å²) >= 11 is 0. The molecule has 0 fully saturated rings. The molecule has 0 heterocycles. The maximum atomic E-state index is 13.0. The number of nitriles is 1. The van der Waals surface area contributed by atoms with Crippen LogP contribution < -0.4 is 19.5 Å². The minimum Gasteiger partial charge on any atom is -0.494 e. The molecule has 0 spiro atoms. The molecule has 0 aliphatic heterocycles. The molecule has 0 atom stereocenters. The lowest BCUT2D eigenvalue weighted by molar-refractivity contribution is -0.112. The number of anilines is 1. The van der Waals surface area contributed by atoms with E-state index in [-0.39, 0.29) is 5.57 Å². The number of carbonyl (C=O) groups is 1. The highest BCUT2D eigenvalue weighted by Crippen LogP contribution is 2.33. The van der Waals surface area contributed by atoms with Gasteiger partial charge in [-0.15, -0.1) is 0 Å². The first-order valence-corrected chi connectivity index (χ1v) is 12.1. The van der Waals surface area contributed by atoms with Crippen LogP contribution in [-0.4, -0.2) is 19.1 Å². The number of rotatable bonds is 10. The van der Waals surface area contributed by atoms with Gasteiger partial charge >= 0.3 is 0 Å². The van der Waals surface area contributed by atoms with Gasteiger partial charge in [-0.1, -0.05) is 42.5 Å². The van der Waals surface area contributed by atoms with Crippen LogP contribution in [0.4, 0.5) is 5.69 Å². The number of benzene rings is 4. The molecule has 6 nitrogen and oxygen atoms in total. The van der Waals surface area contributed by atoms with Crippen molar-refractivity contribution >= 4 is 28.4 Å². The third-order valence-corrected chi connectivity index (χ3v) is 5.62. The second kappa shape index (κ2) is 12.3. The zero-order chi connectivity index (χ0) is 26.0. The molecule has 4 aromatic carbocycles. The number of carbonyl (C=O) groups excluding carboxylic acids is 1. The predicted molar refractivity (Wildman–Crippen MR) is 146 cm³/mol. The molecule has 0 aromatic heterocycles. The molecule has 37 heavy (non-hydrogen) atoms. The minimum atomic E-state index is -0.513. The summed E-state index contributed by atoms with van der Waals surface area (Å²) in [6.07, 6.45) is 1.57. The molecule has 0 saturated heterocycles. The van der Waals surface area contributed by atoms with E-state index in [2.05, 4.69) is 5.32 Å². The van der Waals surface area contributed by atoms with Crippen molar-refractivity contribution in [2.75, 3.05) is 18.5 Å². The summed E-state index contributed by atoms with van der Waals surface area (Å²) in [5, 5.41) is 14.4. The maximum Gasteiger partial charge on any atom is 0.266 e. The van der Waals surface area contributed by atoms with Gasteiger partial charge in [-0.2, -0.15) is 5.26 Å². The average Bonchev–Trinajstić information content (AvgIpc) is 2.93. The Morgan fingerprint density at radius 3 is 2.27 bits per heavy atom. The van der Waals surface area contributed by atoms with E-state index >= 15 is 0 Å². The first-order chi connectivity index (χ1) is 18.1. The van der Waals surface area contributed by atoms with Crippen LogP contribution in [0, 0.1) is 11.3 Å². The van der Waals surface area contributed by atoms with Gasteiger partial charge in [0.1, 0.15) is 35.5 Å². The monoisotopic (exact) mass is 492 g/mol. The Labute approximate surface area is 216 Å². The number of ether oxygens (including phenoxy) is 3. The van der Waals surface area contributed by atoms with Gasteiger partial charge in [0.05, 0.1) is 13.2 Å². The highest BCUT2D eigenvalue weighted by atomic mass is 16.5. The summed E-state index contributed by atoms with van der Waals surface area (Å²) in [4.78, 5) is 13.0. The van der Waals surface area contributed by atoms with Gasteiger partial charge in [0, 0.05) is 11.3 Å². The lowest BCUT2D eigenvalue weighted by Crippen LogP contribution is -2.13. The van der Waals surface area contributed by atoms with Crippen molar-refractivity contribution in [2.24, 2.45) is 0 Å². The van der Waals surface area contributed by atoms with Crippen LogP contribution in [0.15, 0.2) is 90.5 Å². The summed E-state index contributed by atoms with van der Waals surface area (Å²) in [6, 6.07) is 28.5. The molecule has 4 rings (SSSR count). The van der Waals surface area contributed by atoms with E-state index in [1.54, 1.807) is 30.3 Å². The number of nitrogens with zero attached hydrogens (tertiary/aromatic N) is 1. The lowest BCUT2D eigenvalue weighted by atomic mass is 10.0. The zero-order valence-electron chi connectivity index (χ0n) is 20.9. The van der Waals surface area contributed by atoms with Crippen LogP contribution in [0.2, 0.25) is 0 Å². The van der Waals surface area contributed by atoms with Crippen LogP contribution in [-0.2, 0) is 11.4 Å². The third kappa shape index (κ3) is 6.47. The Kier molecular flexibility index (Phi) is 8.41. The molecule has 6 heteroatoms. The summed E-state index contributed by atoms with van der Waals surface area (Å²) < 4.78 is 17.3. The van der Waals surface area contributed by atoms with Gasteiger partial charge in [-0.3, -0.25) is 4.79 Å². The highest BCUT2D eigenvalue weighted by molar-refractivity contribution is 6.11. The van der Waals surface area contributed by atoms with Crippen LogP contribution in [0.5, 0.6) is 17.2 Å². The average molecular weight is 493 g/mol. The Balaban J connectivity index is 1.55. The van der Waals surface area contributed by atoms with Crippen molar-refractivity contribution in [1.29, 1.82) is 5.26 Å². The number of amides is 1. The van der Waals surface area contributed by atoms with E-state index in [0.717, 1.165) is 16.3 Å². The number of hydrogen-bond acceptors (Lipinski definition) is 5. The maximum absolute atomic E-state index is 13.0. The molecule has 0 unspecified atom stereocenters. The molecule has 186 valence electrons. The van der Waals surface area contributed by atoms with Crippen LogP contribution in [0.1, 0.15) is 25.0 Å². The molecule has 0 saturated carbocycles. The largest absolute Gasteiger partial charge is 0.494 e. The van der Waals surface area contributed by atoms with E-state index in [4.69, 9.17) is 14.2 Å². The molecule has 0 aliphatic carbocycles. The van der Waals surface area contributed by atoms with Crippen molar-refractivity contribution in [3.63, 3.8) is 0 Å². The van der Waals surface area contributed by atoms with Crippen molar-refractivity contribution in [3.8, 4) is 23.3 Å². The second-order valence-electron chi connectivity index (χ2n) is 8.15. The predicted octanol–water partition coefficient (Wildman–Crippen LogP) is 6.76. The SMILES string of the molecule is CCOc1ccc2ccc(OCC)c(/C=C(\C#N)C(=O)Nc3ccc(OCc4ccccc4)cc3)c2c1. The Morgan fingerprint density at radius 1 is 0.865 bits per heavy atom. The van der Waals surface area contributed by atoms with Gasteiger partial charge in [0.25, 0.3) is 5.91 Å². The molecular weight excluding hydrogens is 464 g/mol. The van der Waals surface area contributed by atoms with Gasteiger partial charge in [0.15, 0.2) is 0 Å². The van der Waals surface area contributed by atoms with Gasteiger partial charge in [-0.25, -0.2) is 0 Å². The summed E-state index contributed by atoms with van der Waals surface area (Å²) in [5.41, 5.74) is 2.23. The van der Waals surface area contributed by atoms with E-state index < -0.39 is 5.91 Å². The molecule has 0 radical (unpaired) electrons. The van der Waals surface area contributed by atoms with Crippen LogP contribution in [0.25, 0.3) is 16.8 Å². The first kappa shape index (κ1) is 25.3. The molecule has 1 N–H and O–H groups in total.